The van der Waals surface area contributed by atoms with Crippen molar-refractivity contribution >= 4 is 15.8 Å². The van der Waals surface area contributed by atoms with Crippen LogP contribution in [0.5, 0.6) is 5.75 Å². The fourth-order valence-electron chi connectivity index (χ4n) is 1.86. The van der Waals surface area contributed by atoms with Crippen molar-refractivity contribution < 1.29 is 17.9 Å². The molecule has 1 aromatic heterocycles. The normalized spacial score (nSPS) is 11.4. The Labute approximate surface area is 129 Å². The molecular formula is C14H19N3O4S. The zero-order chi connectivity index (χ0) is 16.2. The molecular weight excluding hydrogens is 306 g/mol. The SMILES string of the molecule is COCCOc1ccc(S(=O)(=O)Nc2cc(C)nn2C)cc1. The minimum absolute atomic E-state index is 0.158. The molecule has 22 heavy (non-hydrogen) atoms. The summed E-state index contributed by atoms with van der Waals surface area (Å²) in [4.78, 5) is 0.158. The minimum atomic E-state index is -3.66. The standard InChI is InChI=1S/C14H19N3O4S/c1-11-10-14(17(2)15-11)16-22(18,19)13-6-4-12(5-7-13)21-9-8-20-3/h4-7,10,16H,8-9H2,1-3H3. The smallest absolute Gasteiger partial charge is 0.263 e. The van der Waals surface area contributed by atoms with E-state index in [4.69, 9.17) is 9.47 Å². The molecule has 120 valence electrons. The minimum Gasteiger partial charge on any atom is -0.491 e. The molecule has 0 spiro atoms. The molecule has 2 aromatic rings. The first-order valence-electron chi connectivity index (χ1n) is 6.67. The van der Waals surface area contributed by atoms with Crippen LogP contribution in [0.4, 0.5) is 5.82 Å². The van der Waals surface area contributed by atoms with Crippen molar-refractivity contribution in [1.29, 1.82) is 0 Å². The topological polar surface area (TPSA) is 82.4 Å². The summed E-state index contributed by atoms with van der Waals surface area (Å²) in [6.07, 6.45) is 0. The van der Waals surface area contributed by atoms with E-state index in [0.29, 0.717) is 24.8 Å². The molecule has 1 N–H and O–H groups in total. The maximum absolute atomic E-state index is 12.3. The second-order valence-electron chi connectivity index (χ2n) is 4.71. The molecule has 0 atom stereocenters. The highest BCUT2D eigenvalue weighted by Crippen LogP contribution is 2.19. The molecule has 0 fully saturated rings. The van der Waals surface area contributed by atoms with Crippen molar-refractivity contribution in [2.24, 2.45) is 7.05 Å². The van der Waals surface area contributed by atoms with E-state index in [1.807, 2.05) is 0 Å². The highest BCUT2D eigenvalue weighted by atomic mass is 32.2. The van der Waals surface area contributed by atoms with Gasteiger partial charge in [0, 0.05) is 20.2 Å². The number of nitrogens with one attached hydrogen (secondary N) is 1. The van der Waals surface area contributed by atoms with E-state index in [1.165, 1.54) is 16.8 Å². The Kier molecular flexibility index (Phi) is 5.04. The largest absolute Gasteiger partial charge is 0.491 e. The van der Waals surface area contributed by atoms with Gasteiger partial charge in [0.15, 0.2) is 0 Å². The highest BCUT2D eigenvalue weighted by molar-refractivity contribution is 7.92. The molecule has 0 aliphatic carbocycles. The van der Waals surface area contributed by atoms with Gasteiger partial charge in [0.1, 0.15) is 18.2 Å². The van der Waals surface area contributed by atoms with Gasteiger partial charge in [0.05, 0.1) is 17.2 Å². The third-order valence-electron chi connectivity index (χ3n) is 2.93. The number of methoxy groups -OCH3 is 1. The fourth-order valence-corrected chi connectivity index (χ4v) is 2.94. The predicted octanol–water partition coefficient (Wildman–Crippen LogP) is 1.55. The zero-order valence-corrected chi connectivity index (χ0v) is 13.6. The summed E-state index contributed by atoms with van der Waals surface area (Å²) in [6.45, 7) is 2.68. The number of benzene rings is 1. The molecule has 0 saturated heterocycles. The number of sulfonamides is 1. The summed E-state index contributed by atoms with van der Waals surface area (Å²) in [5.41, 5.74) is 0.738. The molecule has 0 aliphatic rings. The first-order valence-corrected chi connectivity index (χ1v) is 8.16. The van der Waals surface area contributed by atoms with E-state index < -0.39 is 10.0 Å². The van der Waals surface area contributed by atoms with Crippen LogP contribution in [-0.4, -0.2) is 38.5 Å². The summed E-state index contributed by atoms with van der Waals surface area (Å²) < 4.78 is 38.9. The second-order valence-corrected chi connectivity index (χ2v) is 6.40. The van der Waals surface area contributed by atoms with Crippen LogP contribution in [0.25, 0.3) is 0 Å². The quantitative estimate of drug-likeness (QED) is 0.781. The lowest BCUT2D eigenvalue weighted by Crippen LogP contribution is -2.15. The van der Waals surface area contributed by atoms with Crippen LogP contribution in [0, 0.1) is 6.92 Å². The van der Waals surface area contributed by atoms with E-state index >= 15 is 0 Å². The zero-order valence-electron chi connectivity index (χ0n) is 12.7. The van der Waals surface area contributed by atoms with Crippen LogP contribution in [0.1, 0.15) is 5.69 Å². The molecule has 1 aromatic carbocycles. The van der Waals surface area contributed by atoms with Gasteiger partial charge in [-0.2, -0.15) is 5.10 Å². The lowest BCUT2D eigenvalue weighted by molar-refractivity contribution is 0.146. The van der Waals surface area contributed by atoms with Gasteiger partial charge < -0.3 is 9.47 Å². The number of rotatable bonds is 7. The fraction of sp³-hybridized carbons (Fsp3) is 0.357. The first-order chi connectivity index (χ1) is 10.4. The van der Waals surface area contributed by atoms with Gasteiger partial charge in [-0.1, -0.05) is 0 Å². The molecule has 0 saturated carbocycles. The average molecular weight is 325 g/mol. The van der Waals surface area contributed by atoms with Gasteiger partial charge in [-0.15, -0.1) is 0 Å². The Hall–Kier alpha value is -2.06. The van der Waals surface area contributed by atoms with Gasteiger partial charge in [-0.3, -0.25) is 9.40 Å². The lowest BCUT2D eigenvalue weighted by Gasteiger charge is -2.09. The van der Waals surface area contributed by atoms with E-state index in [9.17, 15) is 8.42 Å². The van der Waals surface area contributed by atoms with Crippen molar-refractivity contribution in [3.8, 4) is 5.75 Å². The van der Waals surface area contributed by atoms with Crippen LogP contribution >= 0.6 is 0 Å². The van der Waals surface area contributed by atoms with Crippen molar-refractivity contribution in [3.63, 3.8) is 0 Å². The van der Waals surface area contributed by atoms with Gasteiger partial charge >= 0.3 is 0 Å². The molecule has 8 heteroatoms. The second kappa shape index (κ2) is 6.80. The van der Waals surface area contributed by atoms with E-state index in [-0.39, 0.29) is 4.90 Å². The Balaban J connectivity index is 2.10. The summed E-state index contributed by atoms with van der Waals surface area (Å²) in [6, 6.07) is 7.87. The maximum atomic E-state index is 12.3. The monoisotopic (exact) mass is 325 g/mol. The van der Waals surface area contributed by atoms with Crippen LogP contribution in [0.3, 0.4) is 0 Å². The maximum Gasteiger partial charge on any atom is 0.263 e. The van der Waals surface area contributed by atoms with Crippen molar-refractivity contribution in [1.82, 2.24) is 9.78 Å². The first kappa shape index (κ1) is 16.3. The van der Waals surface area contributed by atoms with E-state index in [0.717, 1.165) is 5.69 Å². The highest BCUT2D eigenvalue weighted by Gasteiger charge is 2.16. The van der Waals surface area contributed by atoms with E-state index in [1.54, 1.807) is 39.3 Å². The molecule has 0 radical (unpaired) electrons. The molecule has 0 amide bonds. The van der Waals surface area contributed by atoms with Crippen LogP contribution < -0.4 is 9.46 Å². The van der Waals surface area contributed by atoms with Gasteiger partial charge in [-0.05, 0) is 31.2 Å². The Morgan fingerprint density at radius 1 is 1.23 bits per heavy atom. The number of hydrogen-bond donors (Lipinski definition) is 1. The summed E-state index contributed by atoms with van der Waals surface area (Å²) in [5, 5.41) is 4.10. The number of aryl methyl sites for hydroxylation is 2. The van der Waals surface area contributed by atoms with Crippen LogP contribution in [-0.2, 0) is 21.8 Å². The van der Waals surface area contributed by atoms with Crippen molar-refractivity contribution in [2.75, 3.05) is 25.0 Å². The summed E-state index contributed by atoms with van der Waals surface area (Å²) in [7, 11) is -0.389. The van der Waals surface area contributed by atoms with Crippen molar-refractivity contribution in [2.45, 2.75) is 11.8 Å². The number of aromatic nitrogens is 2. The number of nitrogens with zero attached hydrogens (tertiary/aromatic N) is 2. The summed E-state index contributed by atoms with van der Waals surface area (Å²) in [5.74, 6) is 1.00. The van der Waals surface area contributed by atoms with Crippen molar-refractivity contribution in [3.05, 3.63) is 36.0 Å². The van der Waals surface area contributed by atoms with Crippen LogP contribution in [0.2, 0.25) is 0 Å². The average Bonchev–Trinajstić information content (AvgIpc) is 2.77. The molecule has 0 unspecified atom stereocenters. The number of anilines is 1. The van der Waals surface area contributed by atoms with Gasteiger partial charge in [0.25, 0.3) is 10.0 Å². The van der Waals surface area contributed by atoms with Crippen LogP contribution in [0.15, 0.2) is 35.2 Å². The Bertz CT molecular complexity index is 723. The Morgan fingerprint density at radius 2 is 1.91 bits per heavy atom. The lowest BCUT2D eigenvalue weighted by atomic mass is 10.3. The molecule has 0 bridgehead atoms. The summed E-state index contributed by atoms with van der Waals surface area (Å²) >= 11 is 0. The molecule has 0 aliphatic heterocycles. The van der Waals surface area contributed by atoms with Gasteiger partial charge in [0.2, 0.25) is 0 Å². The third-order valence-corrected chi connectivity index (χ3v) is 4.30. The van der Waals surface area contributed by atoms with E-state index in [2.05, 4.69) is 9.82 Å². The molecule has 1 heterocycles. The predicted molar refractivity (Wildman–Crippen MR) is 82.6 cm³/mol. The molecule has 2 rings (SSSR count). The third kappa shape index (κ3) is 3.99. The van der Waals surface area contributed by atoms with Gasteiger partial charge in [-0.25, -0.2) is 8.42 Å². The number of ether oxygens (including phenoxy) is 2. The molecule has 7 nitrogen and oxygen atoms in total. The number of hydrogen-bond acceptors (Lipinski definition) is 5. The Morgan fingerprint density at radius 3 is 2.45 bits per heavy atom.